The van der Waals surface area contributed by atoms with Crippen molar-refractivity contribution in [1.82, 2.24) is 14.4 Å². The van der Waals surface area contributed by atoms with Gasteiger partial charge in [0.2, 0.25) is 0 Å². The van der Waals surface area contributed by atoms with Gasteiger partial charge in [0.05, 0.1) is 37.0 Å². The van der Waals surface area contributed by atoms with Gasteiger partial charge in [-0.2, -0.15) is 8.78 Å². The first-order valence-electron chi connectivity index (χ1n) is 10.1. The van der Waals surface area contributed by atoms with E-state index in [-0.39, 0.29) is 5.75 Å². The molecule has 1 aliphatic rings. The van der Waals surface area contributed by atoms with Crippen LogP contribution in [-0.2, 0) is 15.9 Å². The predicted octanol–water partition coefficient (Wildman–Crippen LogP) is 5.11. The lowest BCUT2D eigenvalue weighted by molar-refractivity contribution is -0.0522. The van der Waals surface area contributed by atoms with Crippen molar-refractivity contribution in [2.75, 3.05) is 13.7 Å². The van der Waals surface area contributed by atoms with Crippen LogP contribution in [0.4, 0.5) is 8.78 Å². The molecule has 1 unspecified atom stereocenters. The van der Waals surface area contributed by atoms with E-state index in [1.807, 2.05) is 29.7 Å². The summed E-state index contributed by atoms with van der Waals surface area (Å²) in [7, 11) is 1.56. The maximum atomic E-state index is 13.0. The van der Waals surface area contributed by atoms with E-state index >= 15 is 0 Å². The average molecular weight is 439 g/mol. The normalized spacial score (nSPS) is 16.5. The van der Waals surface area contributed by atoms with Gasteiger partial charge in [0, 0.05) is 18.2 Å². The first-order valence-corrected chi connectivity index (χ1v) is 10.1. The van der Waals surface area contributed by atoms with Crippen molar-refractivity contribution in [1.29, 1.82) is 0 Å². The molecule has 0 spiro atoms. The Kier molecular flexibility index (Phi) is 6.32. The number of aromatic nitrogens is 3. The molecule has 0 radical (unpaired) electrons. The Labute approximate surface area is 184 Å². The van der Waals surface area contributed by atoms with Crippen LogP contribution in [0.25, 0.3) is 11.2 Å². The van der Waals surface area contributed by atoms with Crippen LogP contribution in [-0.4, -0.2) is 34.7 Å². The number of benzene rings is 1. The van der Waals surface area contributed by atoms with Crippen LogP contribution in [0.15, 0.2) is 67.2 Å². The van der Waals surface area contributed by atoms with E-state index in [0.29, 0.717) is 35.7 Å². The Morgan fingerprint density at radius 1 is 1.31 bits per heavy atom. The molecule has 3 aromatic rings. The number of para-hydroxylation sites is 1. The smallest absolute Gasteiger partial charge is 0.387 e. The van der Waals surface area contributed by atoms with Gasteiger partial charge in [0.15, 0.2) is 5.65 Å². The van der Waals surface area contributed by atoms with E-state index in [1.165, 1.54) is 6.07 Å². The number of fused-ring (bicyclic) bond motifs is 3. The molecule has 1 aliphatic heterocycles. The lowest BCUT2D eigenvalue weighted by Crippen LogP contribution is -2.20. The number of methoxy groups -OCH3 is 1. The molecule has 4 rings (SSSR count). The number of ether oxygens (including phenoxy) is 3. The van der Waals surface area contributed by atoms with Gasteiger partial charge >= 0.3 is 6.61 Å². The van der Waals surface area contributed by atoms with E-state index in [9.17, 15) is 8.78 Å². The quantitative estimate of drug-likeness (QED) is 0.378. The second kappa shape index (κ2) is 9.32. The fraction of sp³-hybridized carbons (Fsp3) is 0.250. The average Bonchev–Trinajstić information content (AvgIpc) is 3.17. The summed E-state index contributed by atoms with van der Waals surface area (Å²) in [6, 6.07) is 6.67. The van der Waals surface area contributed by atoms with Crippen molar-refractivity contribution in [3.63, 3.8) is 0 Å². The predicted molar refractivity (Wildman–Crippen MR) is 117 cm³/mol. The largest absolute Gasteiger partial charge is 0.497 e. The Balaban J connectivity index is 1.81. The van der Waals surface area contributed by atoms with Gasteiger partial charge in [-0.15, -0.1) is 0 Å². The number of nitrogens with zero attached hydrogens (tertiary/aromatic N) is 3. The molecule has 1 aromatic carbocycles. The number of imidazole rings is 1. The van der Waals surface area contributed by atoms with E-state index < -0.39 is 12.7 Å². The van der Waals surface area contributed by atoms with Gasteiger partial charge < -0.3 is 14.2 Å². The second-order valence-corrected chi connectivity index (χ2v) is 7.11. The van der Waals surface area contributed by atoms with Crippen LogP contribution in [0.1, 0.15) is 35.7 Å². The standard InChI is InChI=1S/C24H23F2N3O3/c1-4-16(10-9-15(2)30-3)19-14-29-21(13-27-19)28-18-11-12-31-23(22(18)29)17-7-5-6-8-20(17)32-24(25)26/h4-10,13-14,23-24H,2,11-12H2,1,3H3/b10-9-,16-4+. The second-order valence-electron chi connectivity index (χ2n) is 7.11. The number of allylic oxidation sites excluding steroid dienone is 4. The highest BCUT2D eigenvalue weighted by atomic mass is 19.3. The SMILES string of the molecule is C=C(/C=C\C(=C/C)c1cn2c3c(nc2cn1)CCOC3c1ccccc1OC(F)F)OC. The van der Waals surface area contributed by atoms with Crippen molar-refractivity contribution in [2.24, 2.45) is 0 Å². The fourth-order valence-electron chi connectivity index (χ4n) is 3.70. The molecule has 8 heteroatoms. The Morgan fingerprint density at radius 3 is 2.88 bits per heavy atom. The van der Waals surface area contributed by atoms with Gasteiger partial charge in [-0.05, 0) is 30.7 Å². The molecule has 32 heavy (non-hydrogen) atoms. The molecule has 0 aliphatic carbocycles. The summed E-state index contributed by atoms with van der Waals surface area (Å²) in [6.45, 7) is 3.20. The topological polar surface area (TPSA) is 57.9 Å². The lowest BCUT2D eigenvalue weighted by Gasteiger charge is -2.25. The Hall–Kier alpha value is -3.52. The highest BCUT2D eigenvalue weighted by Crippen LogP contribution is 2.38. The van der Waals surface area contributed by atoms with E-state index in [0.717, 1.165) is 17.0 Å². The first kappa shape index (κ1) is 21.7. The summed E-state index contributed by atoms with van der Waals surface area (Å²) in [5.74, 6) is 0.606. The number of hydrogen-bond acceptors (Lipinski definition) is 5. The van der Waals surface area contributed by atoms with Gasteiger partial charge in [-0.1, -0.05) is 30.9 Å². The molecule has 0 N–H and O–H groups in total. The zero-order chi connectivity index (χ0) is 22.7. The molecular formula is C24H23F2N3O3. The van der Waals surface area contributed by atoms with Crippen molar-refractivity contribution in [3.8, 4) is 5.75 Å². The van der Waals surface area contributed by atoms with Crippen LogP contribution in [0, 0.1) is 0 Å². The number of hydrogen-bond donors (Lipinski definition) is 0. The van der Waals surface area contributed by atoms with E-state index in [2.05, 4.69) is 11.6 Å². The molecule has 2 aromatic heterocycles. The van der Waals surface area contributed by atoms with Gasteiger partial charge in [-0.3, -0.25) is 9.38 Å². The maximum Gasteiger partial charge on any atom is 0.387 e. The molecule has 0 saturated carbocycles. The highest BCUT2D eigenvalue weighted by molar-refractivity contribution is 5.72. The minimum absolute atomic E-state index is 0.0831. The Bertz CT molecular complexity index is 1200. The van der Waals surface area contributed by atoms with Gasteiger partial charge in [0.1, 0.15) is 17.6 Å². The van der Waals surface area contributed by atoms with Crippen LogP contribution in [0.3, 0.4) is 0 Å². The van der Waals surface area contributed by atoms with Crippen LogP contribution >= 0.6 is 0 Å². The van der Waals surface area contributed by atoms with E-state index in [1.54, 1.807) is 37.6 Å². The summed E-state index contributed by atoms with van der Waals surface area (Å²) < 4.78 is 43.7. The number of rotatable bonds is 7. The molecule has 0 amide bonds. The molecule has 1 atom stereocenters. The van der Waals surface area contributed by atoms with Crippen molar-refractivity contribution >= 4 is 11.2 Å². The monoisotopic (exact) mass is 439 g/mol. The van der Waals surface area contributed by atoms with Gasteiger partial charge in [-0.25, -0.2) is 4.98 Å². The molecule has 0 fully saturated rings. The van der Waals surface area contributed by atoms with Crippen LogP contribution < -0.4 is 4.74 Å². The summed E-state index contributed by atoms with van der Waals surface area (Å²) in [5.41, 5.74) is 4.38. The summed E-state index contributed by atoms with van der Waals surface area (Å²) in [6.07, 6.45) is 9.12. The maximum absolute atomic E-state index is 13.0. The zero-order valence-corrected chi connectivity index (χ0v) is 17.8. The Morgan fingerprint density at radius 2 is 2.12 bits per heavy atom. The van der Waals surface area contributed by atoms with Crippen LogP contribution in [0.2, 0.25) is 0 Å². The summed E-state index contributed by atoms with van der Waals surface area (Å²) in [5, 5.41) is 0. The highest BCUT2D eigenvalue weighted by Gasteiger charge is 2.30. The van der Waals surface area contributed by atoms with E-state index in [4.69, 9.17) is 19.2 Å². The zero-order valence-electron chi connectivity index (χ0n) is 17.8. The van der Waals surface area contributed by atoms with Crippen molar-refractivity contribution < 1.29 is 23.0 Å². The first-order chi connectivity index (χ1) is 15.5. The lowest BCUT2D eigenvalue weighted by atomic mass is 10.0. The summed E-state index contributed by atoms with van der Waals surface area (Å²) in [4.78, 5) is 9.24. The van der Waals surface area contributed by atoms with Crippen LogP contribution in [0.5, 0.6) is 5.75 Å². The minimum Gasteiger partial charge on any atom is -0.497 e. The molecule has 166 valence electrons. The summed E-state index contributed by atoms with van der Waals surface area (Å²) >= 11 is 0. The third-order valence-electron chi connectivity index (χ3n) is 5.23. The van der Waals surface area contributed by atoms with Crippen molar-refractivity contribution in [2.45, 2.75) is 26.1 Å². The molecule has 0 saturated heterocycles. The number of alkyl halides is 2. The third-order valence-corrected chi connectivity index (χ3v) is 5.23. The molecule has 0 bridgehead atoms. The minimum atomic E-state index is -2.93. The fourth-order valence-corrected chi connectivity index (χ4v) is 3.70. The molecule has 6 nitrogen and oxygen atoms in total. The number of halogens is 2. The van der Waals surface area contributed by atoms with Crippen molar-refractivity contribution in [3.05, 3.63) is 89.9 Å². The van der Waals surface area contributed by atoms with Gasteiger partial charge in [0.25, 0.3) is 0 Å². The third kappa shape index (κ3) is 4.27. The molecular weight excluding hydrogens is 416 g/mol. The molecule has 3 heterocycles.